The Morgan fingerprint density at radius 1 is 1.00 bits per heavy atom. The molecule has 4 rings (SSSR count). The number of carbonyl (C=O) groups excluding carboxylic acids is 3. The number of carbonyl (C=O) groups is 3. The minimum Gasteiger partial charge on any atom is -0.450 e. The van der Waals surface area contributed by atoms with Crippen LogP contribution in [-0.2, 0) is 35.5 Å². The smallest absolute Gasteiger partial charge is 0.407 e. The van der Waals surface area contributed by atoms with E-state index in [1.807, 2.05) is 47.4 Å². The van der Waals surface area contributed by atoms with Crippen LogP contribution in [0.15, 0.2) is 59.1 Å². The summed E-state index contributed by atoms with van der Waals surface area (Å²) in [5.74, 6) is -0.100. The Bertz CT molecular complexity index is 1270. The fourth-order valence-electron chi connectivity index (χ4n) is 4.74. The lowest BCUT2D eigenvalue weighted by Crippen LogP contribution is -2.48. The van der Waals surface area contributed by atoms with E-state index in [0.29, 0.717) is 51.6 Å². The summed E-state index contributed by atoms with van der Waals surface area (Å²) in [7, 11) is 0. The second kappa shape index (κ2) is 15.1. The number of nitrogens with one attached hydrogen (secondary N) is 1. The number of aromatic nitrogens is 2. The van der Waals surface area contributed by atoms with Crippen LogP contribution < -0.4 is 11.1 Å². The van der Waals surface area contributed by atoms with Crippen molar-refractivity contribution in [1.29, 1.82) is 0 Å². The minimum absolute atomic E-state index is 0.104. The number of nitrogens with two attached hydrogens (primary N) is 1. The molecule has 1 fully saturated rings. The Kier molecular flexibility index (Phi) is 11.0. The van der Waals surface area contributed by atoms with Gasteiger partial charge in [-0.2, -0.15) is 4.98 Å². The molecule has 2 aromatic carbocycles. The van der Waals surface area contributed by atoms with Crippen LogP contribution in [0.4, 0.5) is 4.79 Å². The highest BCUT2D eigenvalue weighted by Gasteiger charge is 2.28. The van der Waals surface area contributed by atoms with Gasteiger partial charge in [0, 0.05) is 45.6 Å². The van der Waals surface area contributed by atoms with Crippen LogP contribution in [0.3, 0.4) is 0 Å². The van der Waals surface area contributed by atoms with Gasteiger partial charge in [-0.05, 0) is 36.5 Å². The van der Waals surface area contributed by atoms with Crippen molar-refractivity contribution < 1.29 is 23.6 Å². The van der Waals surface area contributed by atoms with E-state index >= 15 is 0 Å². The maximum Gasteiger partial charge on any atom is 0.407 e. The minimum atomic E-state index is -0.931. The molecule has 0 saturated carbocycles. The molecule has 11 nitrogen and oxygen atoms in total. The molecule has 2 amide bonds. The van der Waals surface area contributed by atoms with Gasteiger partial charge in [0.15, 0.2) is 0 Å². The Labute approximate surface area is 240 Å². The van der Waals surface area contributed by atoms with Crippen molar-refractivity contribution in [2.75, 3.05) is 32.8 Å². The van der Waals surface area contributed by atoms with E-state index in [9.17, 15) is 14.4 Å². The van der Waals surface area contributed by atoms with Crippen LogP contribution in [0.1, 0.15) is 53.0 Å². The summed E-state index contributed by atoms with van der Waals surface area (Å²) in [6.07, 6.45) is 1.78. The molecule has 3 N–H and O–H groups in total. The van der Waals surface area contributed by atoms with E-state index in [2.05, 4.69) is 32.5 Å². The first kappa shape index (κ1) is 29.9. The van der Waals surface area contributed by atoms with E-state index in [1.54, 1.807) is 6.92 Å². The Morgan fingerprint density at radius 2 is 1.71 bits per heavy atom. The van der Waals surface area contributed by atoms with Crippen molar-refractivity contribution in [3.63, 3.8) is 0 Å². The zero-order chi connectivity index (χ0) is 29.0. The molecule has 11 heteroatoms. The highest BCUT2D eigenvalue weighted by Crippen LogP contribution is 2.13. The Morgan fingerprint density at radius 3 is 2.39 bits per heavy atom. The van der Waals surface area contributed by atoms with Crippen LogP contribution in [0.25, 0.3) is 0 Å². The van der Waals surface area contributed by atoms with E-state index in [4.69, 9.17) is 15.0 Å². The van der Waals surface area contributed by atoms with Gasteiger partial charge < -0.3 is 25.2 Å². The molecule has 1 aromatic heterocycles. The van der Waals surface area contributed by atoms with Crippen molar-refractivity contribution >= 4 is 17.8 Å². The molecule has 2 heterocycles. The van der Waals surface area contributed by atoms with Gasteiger partial charge >= 0.3 is 6.09 Å². The van der Waals surface area contributed by atoms with Crippen LogP contribution in [-0.4, -0.2) is 76.6 Å². The number of piperazine rings is 1. The van der Waals surface area contributed by atoms with E-state index < -0.39 is 17.9 Å². The molecule has 1 atom stereocenters. The first-order valence-corrected chi connectivity index (χ1v) is 14.1. The predicted octanol–water partition coefficient (Wildman–Crippen LogP) is 2.74. The third-order valence-electron chi connectivity index (χ3n) is 7.05. The average Bonchev–Trinajstić information content (AvgIpc) is 3.46. The lowest BCUT2D eigenvalue weighted by molar-refractivity contribution is -0.133. The average molecular weight is 563 g/mol. The third-order valence-corrected chi connectivity index (χ3v) is 7.05. The molecule has 41 heavy (non-hydrogen) atoms. The standard InChI is InChI=1S/C30H38N6O5/c1-2-40-30(39)32-25(19-23-11-13-24(20-31)14-12-23)28(38)29-33-26(41-34-29)21-35-15-17-36(18-16-35)27(37)10-6-9-22-7-4-3-5-8-22/h3-5,7-8,11-14,25H,2,6,9-10,15-21,31H2,1H3,(H,32,39). The highest BCUT2D eigenvalue weighted by molar-refractivity contribution is 5.98. The molecule has 1 aliphatic rings. The zero-order valence-electron chi connectivity index (χ0n) is 23.5. The Balaban J connectivity index is 1.28. The van der Waals surface area contributed by atoms with Gasteiger partial charge in [0.05, 0.1) is 13.2 Å². The van der Waals surface area contributed by atoms with Crippen molar-refractivity contribution in [3.05, 3.63) is 83.0 Å². The van der Waals surface area contributed by atoms with Gasteiger partial charge in [0.1, 0.15) is 6.04 Å². The van der Waals surface area contributed by atoms with Gasteiger partial charge in [-0.15, -0.1) is 0 Å². The summed E-state index contributed by atoms with van der Waals surface area (Å²) in [4.78, 5) is 46.4. The number of hydrogen-bond donors (Lipinski definition) is 2. The molecule has 0 bridgehead atoms. The molecular weight excluding hydrogens is 524 g/mol. The molecule has 0 spiro atoms. The predicted molar refractivity (Wildman–Crippen MR) is 152 cm³/mol. The van der Waals surface area contributed by atoms with Gasteiger partial charge in [-0.1, -0.05) is 59.8 Å². The number of ether oxygens (including phenoxy) is 1. The Hall–Kier alpha value is -4.09. The third kappa shape index (κ3) is 8.95. The number of hydrogen-bond acceptors (Lipinski definition) is 9. The summed E-state index contributed by atoms with van der Waals surface area (Å²) < 4.78 is 10.4. The summed E-state index contributed by atoms with van der Waals surface area (Å²) >= 11 is 0. The maximum absolute atomic E-state index is 13.3. The number of nitrogens with zero attached hydrogens (tertiary/aromatic N) is 4. The lowest BCUT2D eigenvalue weighted by atomic mass is 10.0. The summed E-state index contributed by atoms with van der Waals surface area (Å²) in [6.45, 7) is 5.23. The van der Waals surface area contributed by atoms with Gasteiger partial charge in [0.25, 0.3) is 0 Å². The monoisotopic (exact) mass is 562 g/mol. The molecule has 1 saturated heterocycles. The number of ketones is 1. The largest absolute Gasteiger partial charge is 0.450 e. The zero-order valence-corrected chi connectivity index (χ0v) is 23.5. The van der Waals surface area contributed by atoms with Crippen molar-refractivity contribution in [2.24, 2.45) is 5.73 Å². The topological polar surface area (TPSA) is 144 Å². The molecule has 0 aliphatic carbocycles. The molecule has 1 aliphatic heterocycles. The van der Waals surface area contributed by atoms with Crippen molar-refractivity contribution in [3.8, 4) is 0 Å². The van der Waals surface area contributed by atoms with Crippen LogP contribution in [0.2, 0.25) is 0 Å². The second-order valence-electron chi connectivity index (χ2n) is 10.0. The molecule has 1 unspecified atom stereocenters. The fraction of sp³-hybridized carbons (Fsp3) is 0.433. The number of alkyl carbamates (subject to hydrolysis) is 1. The van der Waals surface area contributed by atoms with E-state index in [1.165, 1.54) is 5.56 Å². The van der Waals surface area contributed by atoms with Crippen LogP contribution in [0, 0.1) is 0 Å². The van der Waals surface area contributed by atoms with Gasteiger partial charge in [-0.25, -0.2) is 4.79 Å². The molecule has 3 aromatic rings. The first-order chi connectivity index (χ1) is 19.9. The highest BCUT2D eigenvalue weighted by atomic mass is 16.5. The van der Waals surface area contributed by atoms with Crippen molar-refractivity contribution in [1.82, 2.24) is 25.3 Å². The van der Waals surface area contributed by atoms with Crippen molar-refractivity contribution in [2.45, 2.75) is 51.7 Å². The summed E-state index contributed by atoms with van der Waals surface area (Å²) in [5.41, 5.74) is 8.72. The van der Waals surface area contributed by atoms with E-state index in [0.717, 1.165) is 24.0 Å². The number of aryl methyl sites for hydroxylation is 1. The number of Topliss-reactive ketones (excluding diaryl/α,β-unsaturated/α-hetero) is 1. The fourth-order valence-corrected chi connectivity index (χ4v) is 4.74. The van der Waals surface area contributed by atoms with Gasteiger partial charge in [0.2, 0.25) is 23.4 Å². The number of benzene rings is 2. The summed E-state index contributed by atoms with van der Waals surface area (Å²) in [5, 5.41) is 6.51. The van der Waals surface area contributed by atoms with Gasteiger partial charge in [-0.3, -0.25) is 14.5 Å². The lowest BCUT2D eigenvalue weighted by Gasteiger charge is -2.34. The van der Waals surface area contributed by atoms with E-state index in [-0.39, 0.29) is 24.8 Å². The molecule has 218 valence electrons. The second-order valence-corrected chi connectivity index (χ2v) is 10.0. The first-order valence-electron chi connectivity index (χ1n) is 14.1. The quantitative estimate of drug-likeness (QED) is 0.301. The maximum atomic E-state index is 13.3. The molecule has 0 radical (unpaired) electrons. The SMILES string of the molecule is CCOC(=O)NC(Cc1ccc(CN)cc1)C(=O)c1noc(CN2CCN(C(=O)CCCc3ccccc3)CC2)n1. The summed E-state index contributed by atoms with van der Waals surface area (Å²) in [6, 6.07) is 16.7. The number of rotatable bonds is 13. The number of amides is 2. The van der Waals surface area contributed by atoms with Crippen LogP contribution >= 0.6 is 0 Å². The molecular formula is C30H38N6O5. The van der Waals surface area contributed by atoms with Crippen LogP contribution in [0.5, 0.6) is 0 Å². The normalized spacial score (nSPS) is 14.4.